The summed E-state index contributed by atoms with van der Waals surface area (Å²) >= 11 is 0. The van der Waals surface area contributed by atoms with E-state index in [2.05, 4.69) is 34.0 Å². The molecule has 1 N–H and O–H groups in total. The van der Waals surface area contributed by atoms with Crippen molar-refractivity contribution in [2.24, 2.45) is 0 Å². The van der Waals surface area contributed by atoms with Crippen LogP contribution in [-0.4, -0.2) is 61.4 Å². The van der Waals surface area contributed by atoms with Crippen molar-refractivity contribution in [3.63, 3.8) is 0 Å². The minimum atomic E-state index is -3.62. The van der Waals surface area contributed by atoms with Gasteiger partial charge in [-0.05, 0) is 50.1 Å². The predicted octanol–water partition coefficient (Wildman–Crippen LogP) is 3.08. The zero-order valence-electron chi connectivity index (χ0n) is 18.8. The van der Waals surface area contributed by atoms with Crippen LogP contribution in [0.3, 0.4) is 0 Å². The summed E-state index contributed by atoms with van der Waals surface area (Å²) in [4.78, 5) is 15.2. The van der Waals surface area contributed by atoms with E-state index < -0.39 is 10.0 Å². The van der Waals surface area contributed by atoms with Crippen molar-refractivity contribution >= 4 is 21.6 Å². The second-order valence-corrected chi connectivity index (χ2v) is 10.4. The standard InChI is InChI=1S/C23H32N4O4S/c1-18-21-8-7-11-25(21)14-15-26(18)17-23(28)24-20-16-19(9-10-22(20)31-2)32(29,30)27-12-5-3-4-6-13-27/h7-11,16,18H,3-6,12-15,17H2,1-2H3,(H,24,28). The molecule has 174 valence electrons. The Kier molecular flexibility index (Phi) is 6.88. The number of hydrogen-bond donors (Lipinski definition) is 1. The SMILES string of the molecule is COc1ccc(S(=O)(=O)N2CCCCCC2)cc1NC(=O)CN1CCn2cccc2C1C. The molecule has 9 heteroatoms. The molecule has 32 heavy (non-hydrogen) atoms. The van der Waals surface area contributed by atoms with Crippen LogP contribution in [0.5, 0.6) is 5.75 Å². The zero-order valence-corrected chi connectivity index (χ0v) is 19.6. The third kappa shape index (κ3) is 4.69. The van der Waals surface area contributed by atoms with Gasteiger partial charge in [0, 0.05) is 44.1 Å². The van der Waals surface area contributed by atoms with Gasteiger partial charge in [-0.1, -0.05) is 12.8 Å². The molecule has 1 saturated heterocycles. The molecule has 3 heterocycles. The Morgan fingerprint density at radius 2 is 1.84 bits per heavy atom. The molecule has 1 aromatic heterocycles. The smallest absolute Gasteiger partial charge is 0.243 e. The van der Waals surface area contributed by atoms with E-state index in [1.165, 1.54) is 18.9 Å². The van der Waals surface area contributed by atoms with Gasteiger partial charge in [-0.3, -0.25) is 9.69 Å². The molecule has 2 aromatic rings. The summed E-state index contributed by atoms with van der Waals surface area (Å²) in [7, 11) is -2.11. The van der Waals surface area contributed by atoms with Crippen LogP contribution < -0.4 is 10.1 Å². The van der Waals surface area contributed by atoms with Gasteiger partial charge < -0.3 is 14.6 Å². The lowest BCUT2D eigenvalue weighted by Crippen LogP contribution is -2.41. The lowest BCUT2D eigenvalue weighted by Gasteiger charge is -2.34. The summed E-state index contributed by atoms with van der Waals surface area (Å²) in [6.07, 6.45) is 5.91. The molecule has 2 aliphatic rings. The fraction of sp³-hybridized carbons (Fsp3) is 0.522. The Morgan fingerprint density at radius 3 is 2.56 bits per heavy atom. The Bertz CT molecular complexity index is 1060. The van der Waals surface area contributed by atoms with E-state index in [9.17, 15) is 13.2 Å². The van der Waals surface area contributed by atoms with Crippen molar-refractivity contribution in [2.75, 3.05) is 38.6 Å². The Hall–Kier alpha value is -2.36. The van der Waals surface area contributed by atoms with Gasteiger partial charge in [-0.15, -0.1) is 0 Å². The highest BCUT2D eigenvalue weighted by Gasteiger charge is 2.28. The second-order valence-electron chi connectivity index (χ2n) is 8.50. The van der Waals surface area contributed by atoms with Gasteiger partial charge in [-0.25, -0.2) is 8.42 Å². The molecule has 1 unspecified atom stereocenters. The molecule has 1 fully saturated rings. The maximum Gasteiger partial charge on any atom is 0.243 e. The molecule has 0 radical (unpaired) electrons. The number of amides is 1. The van der Waals surface area contributed by atoms with Crippen LogP contribution in [0.15, 0.2) is 41.4 Å². The molecule has 0 spiro atoms. The van der Waals surface area contributed by atoms with Crippen molar-refractivity contribution in [3.05, 3.63) is 42.2 Å². The van der Waals surface area contributed by atoms with E-state index >= 15 is 0 Å². The minimum Gasteiger partial charge on any atom is -0.495 e. The Labute approximate surface area is 190 Å². The first kappa shape index (κ1) is 22.8. The average molecular weight is 461 g/mol. The van der Waals surface area contributed by atoms with E-state index in [0.717, 1.165) is 38.8 Å². The lowest BCUT2D eigenvalue weighted by atomic mass is 10.1. The molecule has 1 atom stereocenters. The van der Waals surface area contributed by atoms with E-state index in [0.29, 0.717) is 24.5 Å². The van der Waals surface area contributed by atoms with Gasteiger partial charge in [0.25, 0.3) is 0 Å². The fourth-order valence-corrected chi connectivity index (χ4v) is 6.14. The number of aromatic nitrogens is 1. The van der Waals surface area contributed by atoms with Gasteiger partial charge in [0.15, 0.2) is 0 Å². The normalized spacial score (nSPS) is 20.4. The van der Waals surface area contributed by atoms with Gasteiger partial charge in [0.2, 0.25) is 15.9 Å². The minimum absolute atomic E-state index is 0.126. The maximum atomic E-state index is 13.2. The van der Waals surface area contributed by atoms with Crippen LogP contribution in [0.1, 0.15) is 44.3 Å². The number of carbonyl (C=O) groups excluding carboxylic acids is 1. The third-order valence-electron chi connectivity index (χ3n) is 6.46. The summed E-state index contributed by atoms with van der Waals surface area (Å²) in [5.74, 6) is 0.244. The molecular formula is C23H32N4O4S. The highest BCUT2D eigenvalue weighted by molar-refractivity contribution is 7.89. The molecular weight excluding hydrogens is 428 g/mol. The average Bonchev–Trinajstić information content (AvgIpc) is 3.09. The quantitative estimate of drug-likeness (QED) is 0.716. The second kappa shape index (κ2) is 9.64. The van der Waals surface area contributed by atoms with Crippen molar-refractivity contribution in [3.8, 4) is 5.75 Å². The topological polar surface area (TPSA) is 83.9 Å². The predicted molar refractivity (Wildman–Crippen MR) is 123 cm³/mol. The number of sulfonamides is 1. The number of nitrogens with zero attached hydrogens (tertiary/aromatic N) is 3. The summed E-state index contributed by atoms with van der Waals surface area (Å²) in [6.45, 7) is 4.99. The van der Waals surface area contributed by atoms with Gasteiger partial charge in [0.05, 0.1) is 24.2 Å². The Morgan fingerprint density at radius 1 is 1.09 bits per heavy atom. The molecule has 8 nitrogen and oxygen atoms in total. The molecule has 4 rings (SSSR count). The summed E-state index contributed by atoms with van der Waals surface area (Å²) in [6, 6.07) is 8.90. The first-order valence-electron chi connectivity index (χ1n) is 11.3. The van der Waals surface area contributed by atoms with Crippen molar-refractivity contribution in [2.45, 2.75) is 50.1 Å². The van der Waals surface area contributed by atoms with E-state index in [4.69, 9.17) is 4.74 Å². The molecule has 0 bridgehead atoms. The number of methoxy groups -OCH3 is 1. The maximum absolute atomic E-state index is 13.2. The highest BCUT2D eigenvalue weighted by Crippen LogP contribution is 2.30. The lowest BCUT2D eigenvalue weighted by molar-refractivity contribution is -0.118. The van der Waals surface area contributed by atoms with Gasteiger partial charge in [0.1, 0.15) is 5.75 Å². The summed E-state index contributed by atoms with van der Waals surface area (Å²) in [5.41, 5.74) is 1.56. The first-order chi connectivity index (χ1) is 15.4. The number of anilines is 1. The number of ether oxygens (including phenoxy) is 1. The van der Waals surface area contributed by atoms with E-state index in [1.807, 2.05) is 6.07 Å². The Balaban J connectivity index is 1.50. The zero-order chi connectivity index (χ0) is 22.7. The highest BCUT2D eigenvalue weighted by atomic mass is 32.2. The van der Waals surface area contributed by atoms with Gasteiger partial charge >= 0.3 is 0 Å². The molecule has 0 aliphatic carbocycles. The summed E-state index contributed by atoms with van der Waals surface area (Å²) < 4.78 is 35.5. The van der Waals surface area contributed by atoms with E-state index in [1.54, 1.807) is 16.4 Å². The van der Waals surface area contributed by atoms with Crippen molar-refractivity contribution in [1.82, 2.24) is 13.8 Å². The monoisotopic (exact) mass is 460 g/mol. The number of benzene rings is 1. The summed E-state index contributed by atoms with van der Waals surface area (Å²) in [5, 5.41) is 2.88. The van der Waals surface area contributed by atoms with Crippen LogP contribution in [-0.2, 0) is 21.4 Å². The number of hydrogen-bond acceptors (Lipinski definition) is 5. The molecule has 0 saturated carbocycles. The first-order valence-corrected chi connectivity index (χ1v) is 12.7. The van der Waals surface area contributed by atoms with E-state index in [-0.39, 0.29) is 23.4 Å². The van der Waals surface area contributed by atoms with Crippen LogP contribution in [0.25, 0.3) is 0 Å². The molecule has 2 aliphatic heterocycles. The van der Waals surface area contributed by atoms with Crippen molar-refractivity contribution in [1.29, 1.82) is 0 Å². The van der Waals surface area contributed by atoms with Crippen LogP contribution in [0, 0.1) is 0 Å². The largest absolute Gasteiger partial charge is 0.495 e. The molecule has 1 amide bonds. The third-order valence-corrected chi connectivity index (χ3v) is 8.36. The van der Waals surface area contributed by atoms with Crippen LogP contribution in [0.4, 0.5) is 5.69 Å². The van der Waals surface area contributed by atoms with Crippen LogP contribution >= 0.6 is 0 Å². The van der Waals surface area contributed by atoms with Crippen LogP contribution in [0.2, 0.25) is 0 Å². The number of rotatable bonds is 6. The number of nitrogens with one attached hydrogen (secondary N) is 1. The van der Waals surface area contributed by atoms with Crippen molar-refractivity contribution < 1.29 is 17.9 Å². The number of fused-ring (bicyclic) bond motifs is 1. The van der Waals surface area contributed by atoms with Gasteiger partial charge in [-0.2, -0.15) is 4.31 Å². The number of carbonyl (C=O) groups is 1. The fourth-order valence-electron chi connectivity index (χ4n) is 4.59. The molecule has 1 aromatic carbocycles.